The highest BCUT2D eigenvalue weighted by atomic mass is 32.1. The van der Waals surface area contributed by atoms with E-state index in [1.54, 1.807) is 11.3 Å². The molecule has 0 saturated heterocycles. The van der Waals surface area contributed by atoms with E-state index in [9.17, 15) is 4.79 Å². The van der Waals surface area contributed by atoms with E-state index in [0.717, 1.165) is 33.2 Å². The Balaban J connectivity index is 1.40. The first-order valence-electron chi connectivity index (χ1n) is 9.04. The van der Waals surface area contributed by atoms with Gasteiger partial charge < -0.3 is 16.4 Å². The lowest BCUT2D eigenvalue weighted by Crippen LogP contribution is -2.31. The molecule has 1 aromatic heterocycles. The highest BCUT2D eigenvalue weighted by Gasteiger charge is 2.26. The number of carbonyl (C=O) groups is 1. The quantitative estimate of drug-likeness (QED) is 0.609. The number of fused-ring (bicyclic) bond motifs is 1. The predicted molar refractivity (Wildman–Crippen MR) is 111 cm³/mol. The van der Waals surface area contributed by atoms with Gasteiger partial charge >= 0.3 is 0 Å². The molecule has 2 unspecified atom stereocenters. The third kappa shape index (κ3) is 3.86. The second-order valence-electron chi connectivity index (χ2n) is 6.87. The molecular formula is C21H22N4OS. The van der Waals surface area contributed by atoms with E-state index < -0.39 is 0 Å². The normalized spacial score (nSPS) is 16.7. The van der Waals surface area contributed by atoms with Crippen LogP contribution in [0, 0.1) is 0 Å². The number of thiazole rings is 1. The van der Waals surface area contributed by atoms with E-state index in [1.807, 2.05) is 43.5 Å². The minimum atomic E-state index is -0.110. The maximum absolute atomic E-state index is 11.8. The zero-order valence-corrected chi connectivity index (χ0v) is 15.9. The van der Waals surface area contributed by atoms with Gasteiger partial charge in [0, 0.05) is 24.5 Å². The number of anilines is 2. The predicted octanol–water partition coefficient (Wildman–Crippen LogP) is 3.85. The summed E-state index contributed by atoms with van der Waals surface area (Å²) in [6.45, 7) is 2.60. The van der Waals surface area contributed by atoms with Crippen LogP contribution in [0.2, 0.25) is 0 Å². The summed E-state index contributed by atoms with van der Waals surface area (Å²) in [5.41, 5.74) is 10.5. The van der Waals surface area contributed by atoms with Crippen molar-refractivity contribution in [3.8, 4) is 10.4 Å². The molecule has 0 spiro atoms. The molecule has 2 aromatic carbocycles. The van der Waals surface area contributed by atoms with Crippen LogP contribution in [-0.2, 0) is 11.2 Å². The average Bonchev–Trinajstić information content (AvgIpc) is 3.26. The Hall–Kier alpha value is -2.70. The van der Waals surface area contributed by atoms with Crippen LogP contribution in [0.5, 0.6) is 0 Å². The zero-order chi connectivity index (χ0) is 18.8. The number of amides is 1. The summed E-state index contributed by atoms with van der Waals surface area (Å²) in [4.78, 5) is 17.4. The molecule has 2 heterocycles. The molecule has 0 aliphatic carbocycles. The third-order valence-electron chi connectivity index (χ3n) is 4.82. The molecule has 1 amide bonds. The van der Waals surface area contributed by atoms with Crippen LogP contribution in [0.15, 0.2) is 54.7 Å². The van der Waals surface area contributed by atoms with E-state index >= 15 is 0 Å². The Morgan fingerprint density at radius 1 is 1.26 bits per heavy atom. The van der Waals surface area contributed by atoms with Crippen molar-refractivity contribution in [2.75, 3.05) is 17.2 Å². The highest BCUT2D eigenvalue weighted by molar-refractivity contribution is 7.18. The van der Waals surface area contributed by atoms with Gasteiger partial charge in [-0.15, -0.1) is 0 Å². The van der Waals surface area contributed by atoms with Gasteiger partial charge in [-0.1, -0.05) is 47.7 Å². The average molecular weight is 379 g/mol. The maximum Gasteiger partial charge on any atom is 0.231 e. The van der Waals surface area contributed by atoms with Crippen molar-refractivity contribution in [1.29, 1.82) is 0 Å². The van der Waals surface area contributed by atoms with Gasteiger partial charge in [-0.3, -0.25) is 4.79 Å². The highest BCUT2D eigenvalue weighted by Crippen LogP contribution is 2.37. The van der Waals surface area contributed by atoms with Gasteiger partial charge in [0.05, 0.1) is 10.8 Å². The first-order valence-corrected chi connectivity index (χ1v) is 9.86. The molecule has 0 bridgehead atoms. The molecule has 0 radical (unpaired) electrons. The van der Waals surface area contributed by atoms with E-state index in [0.29, 0.717) is 6.54 Å². The third-order valence-corrected chi connectivity index (χ3v) is 5.82. The number of nitrogens with one attached hydrogen (secondary N) is 2. The molecule has 3 aromatic rings. The fourth-order valence-corrected chi connectivity index (χ4v) is 4.09. The van der Waals surface area contributed by atoms with E-state index in [-0.39, 0.29) is 17.9 Å². The number of carbonyl (C=O) groups excluding carboxylic acids is 1. The Morgan fingerprint density at radius 2 is 2.07 bits per heavy atom. The number of nitrogens with two attached hydrogens (primary N) is 1. The summed E-state index contributed by atoms with van der Waals surface area (Å²) in [6.07, 6.45) is 2.70. The fraction of sp³-hybridized carbons (Fsp3) is 0.238. The zero-order valence-electron chi connectivity index (χ0n) is 15.1. The smallest absolute Gasteiger partial charge is 0.231 e. The number of aromatic nitrogens is 1. The molecule has 0 fully saturated rings. The standard InChI is InChI=1S/C21H22N4OS/c1-13-17-10-15(7-8-18(17)25-20(13)26)19-12-24-21(27-19)23-11-16(22)9-14-5-3-2-4-6-14/h2-8,10,12-13,16H,9,11,22H2,1H3,(H,23,24)(H,25,26). The molecular weight excluding hydrogens is 356 g/mol. The van der Waals surface area contributed by atoms with Crippen LogP contribution in [0.25, 0.3) is 10.4 Å². The number of benzene rings is 2. The van der Waals surface area contributed by atoms with Gasteiger partial charge in [0.2, 0.25) is 5.91 Å². The monoisotopic (exact) mass is 378 g/mol. The molecule has 6 heteroatoms. The van der Waals surface area contributed by atoms with Gasteiger partial charge in [0.25, 0.3) is 0 Å². The van der Waals surface area contributed by atoms with Crippen molar-refractivity contribution < 1.29 is 4.79 Å². The number of hydrogen-bond acceptors (Lipinski definition) is 5. The van der Waals surface area contributed by atoms with Crippen molar-refractivity contribution in [3.63, 3.8) is 0 Å². The minimum absolute atomic E-state index is 0.0256. The first kappa shape index (κ1) is 17.7. The van der Waals surface area contributed by atoms with Crippen LogP contribution in [0.3, 0.4) is 0 Å². The van der Waals surface area contributed by atoms with E-state index in [2.05, 4.69) is 33.8 Å². The van der Waals surface area contributed by atoms with Crippen LogP contribution in [0.4, 0.5) is 10.8 Å². The molecule has 0 saturated carbocycles. The lowest BCUT2D eigenvalue weighted by atomic mass is 10.0. The SMILES string of the molecule is CC1C(=O)Nc2ccc(-c3cnc(NCC(N)Cc4ccccc4)s3)cc21. The van der Waals surface area contributed by atoms with Crippen molar-refractivity contribution in [1.82, 2.24) is 4.98 Å². The second kappa shape index (κ2) is 7.50. The molecule has 5 nitrogen and oxygen atoms in total. The molecule has 4 N–H and O–H groups in total. The number of hydrogen-bond donors (Lipinski definition) is 3. The van der Waals surface area contributed by atoms with Gasteiger partial charge in [0.15, 0.2) is 5.13 Å². The lowest BCUT2D eigenvalue weighted by Gasteiger charge is -2.12. The summed E-state index contributed by atoms with van der Waals surface area (Å²) < 4.78 is 0. The van der Waals surface area contributed by atoms with Gasteiger partial charge in [-0.2, -0.15) is 0 Å². The molecule has 1 aliphatic rings. The molecule has 27 heavy (non-hydrogen) atoms. The number of nitrogens with zero attached hydrogens (tertiary/aromatic N) is 1. The summed E-state index contributed by atoms with van der Waals surface area (Å²) in [5.74, 6) is -0.0531. The Bertz CT molecular complexity index is 954. The van der Waals surface area contributed by atoms with Crippen molar-refractivity contribution in [2.45, 2.75) is 25.3 Å². The Kier molecular flexibility index (Phi) is 4.92. The van der Waals surface area contributed by atoms with Crippen LogP contribution in [-0.4, -0.2) is 23.5 Å². The molecule has 4 rings (SSSR count). The van der Waals surface area contributed by atoms with Gasteiger partial charge in [-0.25, -0.2) is 4.98 Å². The summed E-state index contributed by atoms with van der Waals surface area (Å²) in [6, 6.07) is 16.4. The Morgan fingerprint density at radius 3 is 2.89 bits per heavy atom. The molecule has 1 aliphatic heterocycles. The van der Waals surface area contributed by atoms with Gasteiger partial charge in [-0.05, 0) is 42.2 Å². The van der Waals surface area contributed by atoms with E-state index in [1.165, 1.54) is 5.56 Å². The van der Waals surface area contributed by atoms with Crippen molar-refractivity contribution in [3.05, 3.63) is 65.9 Å². The van der Waals surface area contributed by atoms with Crippen molar-refractivity contribution in [2.24, 2.45) is 5.73 Å². The summed E-state index contributed by atoms with van der Waals surface area (Å²) >= 11 is 1.60. The molecule has 138 valence electrons. The Labute approximate surface area is 162 Å². The van der Waals surface area contributed by atoms with Crippen LogP contribution in [0.1, 0.15) is 24.0 Å². The second-order valence-corrected chi connectivity index (χ2v) is 7.90. The molecule has 2 atom stereocenters. The summed E-state index contributed by atoms with van der Waals surface area (Å²) in [5, 5.41) is 7.10. The lowest BCUT2D eigenvalue weighted by molar-refractivity contribution is -0.116. The largest absolute Gasteiger partial charge is 0.360 e. The summed E-state index contributed by atoms with van der Waals surface area (Å²) in [7, 11) is 0. The van der Waals surface area contributed by atoms with E-state index in [4.69, 9.17) is 5.73 Å². The van der Waals surface area contributed by atoms with Crippen molar-refractivity contribution >= 4 is 28.1 Å². The maximum atomic E-state index is 11.8. The van der Waals surface area contributed by atoms with Crippen LogP contribution < -0.4 is 16.4 Å². The van der Waals surface area contributed by atoms with Crippen LogP contribution >= 0.6 is 11.3 Å². The number of rotatable bonds is 6. The fourth-order valence-electron chi connectivity index (χ4n) is 3.27. The topological polar surface area (TPSA) is 80.0 Å². The first-order chi connectivity index (χ1) is 13.1. The minimum Gasteiger partial charge on any atom is -0.360 e. The van der Waals surface area contributed by atoms with Gasteiger partial charge in [0.1, 0.15) is 0 Å².